The summed E-state index contributed by atoms with van der Waals surface area (Å²) in [5.74, 6) is 0.711. The van der Waals surface area contributed by atoms with Crippen LogP contribution in [-0.2, 0) is 11.2 Å². The van der Waals surface area contributed by atoms with Gasteiger partial charge in [0, 0.05) is 25.0 Å². The van der Waals surface area contributed by atoms with Crippen LogP contribution in [0.1, 0.15) is 24.8 Å². The molecule has 0 amide bonds. The van der Waals surface area contributed by atoms with Gasteiger partial charge >= 0.3 is 0 Å². The first-order valence-corrected chi connectivity index (χ1v) is 5.88. The van der Waals surface area contributed by atoms with Crippen molar-refractivity contribution >= 4 is 23.1 Å². The summed E-state index contributed by atoms with van der Waals surface area (Å²) in [7, 11) is 0. The number of hydrogen-bond donors (Lipinski definition) is 0. The van der Waals surface area contributed by atoms with Crippen LogP contribution >= 0.6 is 11.6 Å². The summed E-state index contributed by atoms with van der Waals surface area (Å²) >= 11 is 5.91. The molecule has 0 radical (unpaired) electrons. The average molecular weight is 254 g/mol. The molecule has 1 saturated carbocycles. The monoisotopic (exact) mass is 253 g/mol. The van der Waals surface area contributed by atoms with E-state index in [1.807, 2.05) is 0 Å². The maximum Gasteiger partial charge on any atom is 0.270 e. The summed E-state index contributed by atoms with van der Waals surface area (Å²) in [5.41, 5.74) is 0.622. The fraction of sp³-hybridized carbons (Fsp3) is 0.417. The molecule has 0 aromatic heterocycles. The summed E-state index contributed by atoms with van der Waals surface area (Å²) in [6.07, 6.45) is 3.15. The van der Waals surface area contributed by atoms with E-state index in [1.54, 1.807) is 6.07 Å². The van der Waals surface area contributed by atoms with Gasteiger partial charge in [-0.1, -0.05) is 17.7 Å². The average Bonchev–Trinajstić information content (AvgIpc) is 3.04. The van der Waals surface area contributed by atoms with Gasteiger partial charge in [-0.05, 0) is 24.3 Å². The van der Waals surface area contributed by atoms with Gasteiger partial charge in [-0.2, -0.15) is 0 Å². The second-order valence-electron chi connectivity index (χ2n) is 4.40. The number of nitro benzene ring substituents is 1. The Morgan fingerprint density at radius 3 is 2.71 bits per heavy atom. The van der Waals surface area contributed by atoms with Crippen molar-refractivity contribution in [3.05, 3.63) is 38.9 Å². The van der Waals surface area contributed by atoms with Crippen molar-refractivity contribution in [3.8, 4) is 0 Å². The predicted molar refractivity (Wildman–Crippen MR) is 64.2 cm³/mol. The number of Topliss-reactive ketones (excluding diaryl/α,β-unsaturated/α-hetero) is 1. The molecule has 0 bridgehead atoms. The summed E-state index contributed by atoms with van der Waals surface area (Å²) < 4.78 is 0. The number of nitrogens with zero attached hydrogens (tertiary/aromatic N) is 1. The van der Waals surface area contributed by atoms with E-state index in [0.29, 0.717) is 22.9 Å². The molecule has 0 heterocycles. The Morgan fingerprint density at radius 2 is 2.18 bits per heavy atom. The van der Waals surface area contributed by atoms with E-state index in [-0.39, 0.29) is 17.9 Å². The molecule has 2 rings (SSSR count). The molecule has 1 fully saturated rings. The smallest absolute Gasteiger partial charge is 0.270 e. The number of benzene rings is 1. The van der Waals surface area contributed by atoms with Crippen LogP contribution in [0.2, 0.25) is 5.02 Å². The number of rotatable bonds is 5. The molecule has 17 heavy (non-hydrogen) atoms. The van der Waals surface area contributed by atoms with Crippen LogP contribution in [0.4, 0.5) is 5.69 Å². The van der Waals surface area contributed by atoms with Crippen LogP contribution < -0.4 is 0 Å². The van der Waals surface area contributed by atoms with Crippen molar-refractivity contribution in [2.75, 3.05) is 0 Å². The van der Waals surface area contributed by atoms with E-state index < -0.39 is 4.92 Å². The summed E-state index contributed by atoms with van der Waals surface area (Å²) in [5, 5.41) is 10.8. The summed E-state index contributed by atoms with van der Waals surface area (Å²) in [6, 6.07) is 4.23. The van der Waals surface area contributed by atoms with Crippen molar-refractivity contribution in [2.45, 2.75) is 25.7 Å². The number of hydrogen-bond acceptors (Lipinski definition) is 3. The quantitative estimate of drug-likeness (QED) is 0.598. The highest BCUT2D eigenvalue weighted by Gasteiger charge is 2.24. The first-order valence-electron chi connectivity index (χ1n) is 5.51. The van der Waals surface area contributed by atoms with Crippen LogP contribution in [0.25, 0.3) is 0 Å². The molecule has 0 saturated heterocycles. The molecule has 1 aliphatic carbocycles. The lowest BCUT2D eigenvalue weighted by Gasteiger charge is -2.03. The maximum absolute atomic E-state index is 11.6. The Balaban J connectivity index is 2.04. The molecule has 0 aliphatic heterocycles. The Hall–Kier alpha value is -1.42. The van der Waals surface area contributed by atoms with Gasteiger partial charge in [0.05, 0.1) is 9.95 Å². The molecule has 1 aromatic rings. The zero-order valence-corrected chi connectivity index (χ0v) is 9.94. The Labute approximate surface area is 104 Å². The lowest BCUT2D eigenvalue weighted by Crippen LogP contribution is -2.04. The van der Waals surface area contributed by atoms with Crippen molar-refractivity contribution in [1.82, 2.24) is 0 Å². The Kier molecular flexibility index (Phi) is 3.43. The van der Waals surface area contributed by atoms with Crippen molar-refractivity contribution in [3.63, 3.8) is 0 Å². The normalized spacial score (nSPS) is 14.6. The van der Waals surface area contributed by atoms with E-state index in [0.717, 1.165) is 12.8 Å². The molecule has 4 nitrogen and oxygen atoms in total. The Morgan fingerprint density at radius 1 is 1.47 bits per heavy atom. The van der Waals surface area contributed by atoms with Crippen LogP contribution in [0.5, 0.6) is 0 Å². The van der Waals surface area contributed by atoms with Crippen LogP contribution in [0.15, 0.2) is 18.2 Å². The molecule has 90 valence electrons. The maximum atomic E-state index is 11.6. The molecule has 0 atom stereocenters. The van der Waals surface area contributed by atoms with Gasteiger partial charge in [0.2, 0.25) is 0 Å². The number of non-ortho nitro benzene ring substituents is 1. The van der Waals surface area contributed by atoms with Gasteiger partial charge in [0.1, 0.15) is 5.78 Å². The third-order valence-electron chi connectivity index (χ3n) is 2.85. The van der Waals surface area contributed by atoms with Gasteiger partial charge < -0.3 is 0 Å². The van der Waals surface area contributed by atoms with Gasteiger partial charge in [0.15, 0.2) is 0 Å². The standard InChI is InChI=1S/C12H12ClNO3/c13-12-7-10(14(16)17)4-3-9(12)6-11(15)5-8-1-2-8/h3-4,7-8H,1-2,5-6H2. The van der Waals surface area contributed by atoms with E-state index in [1.165, 1.54) is 12.1 Å². The second kappa shape index (κ2) is 4.84. The fourth-order valence-electron chi connectivity index (χ4n) is 1.72. The summed E-state index contributed by atoms with van der Waals surface area (Å²) in [4.78, 5) is 21.7. The first-order chi connectivity index (χ1) is 8.06. The van der Waals surface area contributed by atoms with Gasteiger partial charge in [0.25, 0.3) is 5.69 Å². The van der Waals surface area contributed by atoms with Crippen molar-refractivity contribution in [1.29, 1.82) is 0 Å². The van der Waals surface area contributed by atoms with Gasteiger partial charge in [-0.15, -0.1) is 0 Å². The number of carbonyl (C=O) groups is 1. The highest BCUT2D eigenvalue weighted by Crippen LogP contribution is 2.33. The van der Waals surface area contributed by atoms with E-state index in [9.17, 15) is 14.9 Å². The zero-order chi connectivity index (χ0) is 12.4. The number of carbonyl (C=O) groups excluding carboxylic acids is 1. The molecule has 5 heteroatoms. The third kappa shape index (κ3) is 3.27. The first kappa shape index (κ1) is 12.0. The highest BCUT2D eigenvalue weighted by molar-refractivity contribution is 6.31. The van der Waals surface area contributed by atoms with Crippen LogP contribution in [0.3, 0.4) is 0 Å². The van der Waals surface area contributed by atoms with Crippen molar-refractivity contribution < 1.29 is 9.72 Å². The zero-order valence-electron chi connectivity index (χ0n) is 9.19. The predicted octanol–water partition coefficient (Wildman–Crippen LogP) is 3.16. The molecular weight excluding hydrogens is 242 g/mol. The number of halogens is 1. The number of ketones is 1. The molecule has 0 unspecified atom stereocenters. The number of nitro groups is 1. The van der Waals surface area contributed by atoms with Crippen LogP contribution in [-0.4, -0.2) is 10.7 Å². The molecule has 0 spiro atoms. The topological polar surface area (TPSA) is 60.2 Å². The van der Waals surface area contributed by atoms with Gasteiger partial charge in [-0.25, -0.2) is 0 Å². The lowest BCUT2D eigenvalue weighted by molar-refractivity contribution is -0.384. The highest BCUT2D eigenvalue weighted by atomic mass is 35.5. The van der Waals surface area contributed by atoms with Crippen LogP contribution in [0, 0.1) is 16.0 Å². The molecule has 1 aromatic carbocycles. The largest absolute Gasteiger partial charge is 0.299 e. The minimum atomic E-state index is -0.498. The Bertz CT molecular complexity index is 469. The molecular formula is C12H12ClNO3. The molecule has 1 aliphatic rings. The lowest BCUT2D eigenvalue weighted by atomic mass is 10.0. The van der Waals surface area contributed by atoms with E-state index in [2.05, 4.69) is 0 Å². The fourth-order valence-corrected chi connectivity index (χ4v) is 1.96. The summed E-state index contributed by atoms with van der Waals surface area (Å²) in [6.45, 7) is 0. The van der Waals surface area contributed by atoms with E-state index >= 15 is 0 Å². The minimum Gasteiger partial charge on any atom is -0.299 e. The minimum absolute atomic E-state index is 0.0478. The third-order valence-corrected chi connectivity index (χ3v) is 3.20. The second-order valence-corrected chi connectivity index (χ2v) is 4.80. The molecule has 0 N–H and O–H groups in total. The van der Waals surface area contributed by atoms with Crippen molar-refractivity contribution in [2.24, 2.45) is 5.92 Å². The SMILES string of the molecule is O=C(Cc1ccc([N+](=O)[O-])cc1Cl)CC1CC1. The van der Waals surface area contributed by atoms with E-state index in [4.69, 9.17) is 11.6 Å². The van der Waals surface area contributed by atoms with Gasteiger partial charge in [-0.3, -0.25) is 14.9 Å².